The van der Waals surface area contributed by atoms with Gasteiger partial charge in [0.25, 0.3) is 0 Å². The highest BCUT2D eigenvalue weighted by molar-refractivity contribution is 5.90. The molecule has 19 heavy (non-hydrogen) atoms. The molecule has 0 aliphatic carbocycles. The number of rotatable bonds is 4. The van der Waals surface area contributed by atoms with Crippen LogP contribution in [0.1, 0.15) is 32.2 Å². The van der Waals surface area contributed by atoms with E-state index in [0.29, 0.717) is 5.56 Å². The number of halogens is 1. The van der Waals surface area contributed by atoms with Crippen molar-refractivity contribution in [3.8, 4) is 0 Å². The van der Waals surface area contributed by atoms with Gasteiger partial charge in [-0.05, 0) is 23.8 Å². The van der Waals surface area contributed by atoms with Crippen molar-refractivity contribution in [2.75, 3.05) is 0 Å². The van der Waals surface area contributed by atoms with Crippen molar-refractivity contribution < 1.29 is 28.6 Å². The largest absolute Gasteiger partial charge is 0.475 e. The van der Waals surface area contributed by atoms with Gasteiger partial charge in [0.1, 0.15) is 5.82 Å². The molecule has 2 rings (SSSR count). The molecular weight excluding hydrogens is 255 g/mol. The van der Waals surface area contributed by atoms with Gasteiger partial charge in [0.2, 0.25) is 11.5 Å². The zero-order valence-electron chi connectivity index (χ0n) is 9.59. The van der Waals surface area contributed by atoms with E-state index in [1.54, 1.807) is 0 Å². The number of aromatic carboxylic acids is 2. The van der Waals surface area contributed by atoms with E-state index >= 15 is 0 Å². The molecule has 0 aliphatic rings. The summed E-state index contributed by atoms with van der Waals surface area (Å²) in [5.74, 6) is -3.94. The third-order valence-electron chi connectivity index (χ3n) is 2.52. The van der Waals surface area contributed by atoms with E-state index in [0.717, 1.165) is 6.07 Å². The number of carboxylic acid groups (broad SMARTS) is 2. The van der Waals surface area contributed by atoms with E-state index in [1.807, 2.05) is 0 Å². The summed E-state index contributed by atoms with van der Waals surface area (Å²) in [5, 5.41) is 17.7. The Kier molecular flexibility index (Phi) is 3.33. The first kappa shape index (κ1) is 12.8. The van der Waals surface area contributed by atoms with Gasteiger partial charge in [-0.2, -0.15) is 0 Å². The van der Waals surface area contributed by atoms with Crippen LogP contribution in [0.3, 0.4) is 0 Å². The first-order chi connectivity index (χ1) is 8.97. The van der Waals surface area contributed by atoms with Crippen LogP contribution in [0.5, 0.6) is 0 Å². The Morgan fingerprint density at radius 3 is 2.26 bits per heavy atom. The van der Waals surface area contributed by atoms with Gasteiger partial charge in [-0.1, -0.05) is 12.1 Å². The van der Waals surface area contributed by atoms with Gasteiger partial charge in [-0.15, -0.1) is 0 Å². The van der Waals surface area contributed by atoms with Crippen LogP contribution in [0.2, 0.25) is 0 Å². The van der Waals surface area contributed by atoms with Crippen LogP contribution < -0.4 is 0 Å². The molecule has 0 spiro atoms. The predicted molar refractivity (Wildman–Crippen MR) is 61.8 cm³/mol. The molecule has 0 amide bonds. The fourth-order valence-electron chi connectivity index (χ4n) is 1.67. The number of furan rings is 1. The molecule has 1 aromatic heterocycles. The molecule has 2 aromatic rings. The molecule has 0 saturated carbocycles. The SMILES string of the molecule is O=C(O)c1cc(Cc2ccc(F)cc2)c(C(=O)O)o1. The summed E-state index contributed by atoms with van der Waals surface area (Å²) in [7, 11) is 0. The van der Waals surface area contributed by atoms with Crippen LogP contribution in [-0.2, 0) is 6.42 Å². The van der Waals surface area contributed by atoms with E-state index in [1.165, 1.54) is 24.3 Å². The van der Waals surface area contributed by atoms with Crippen LogP contribution in [0, 0.1) is 5.82 Å². The molecule has 98 valence electrons. The average molecular weight is 264 g/mol. The molecule has 2 N–H and O–H groups in total. The highest BCUT2D eigenvalue weighted by Crippen LogP contribution is 2.20. The van der Waals surface area contributed by atoms with E-state index < -0.39 is 29.3 Å². The highest BCUT2D eigenvalue weighted by atomic mass is 19.1. The Morgan fingerprint density at radius 2 is 1.74 bits per heavy atom. The first-order valence-electron chi connectivity index (χ1n) is 5.31. The zero-order chi connectivity index (χ0) is 14.0. The van der Waals surface area contributed by atoms with E-state index in [9.17, 15) is 14.0 Å². The highest BCUT2D eigenvalue weighted by Gasteiger charge is 2.20. The maximum atomic E-state index is 12.8. The second-order valence-corrected chi connectivity index (χ2v) is 3.88. The number of benzene rings is 1. The first-order valence-corrected chi connectivity index (χ1v) is 5.31. The minimum absolute atomic E-state index is 0.151. The second-order valence-electron chi connectivity index (χ2n) is 3.88. The second kappa shape index (κ2) is 4.93. The number of hydrogen-bond acceptors (Lipinski definition) is 3. The minimum Gasteiger partial charge on any atom is -0.475 e. The summed E-state index contributed by atoms with van der Waals surface area (Å²) in [6.45, 7) is 0. The number of carbonyl (C=O) groups is 2. The van der Waals surface area contributed by atoms with Gasteiger partial charge >= 0.3 is 11.9 Å². The fourth-order valence-corrected chi connectivity index (χ4v) is 1.67. The third-order valence-corrected chi connectivity index (χ3v) is 2.52. The summed E-state index contributed by atoms with van der Waals surface area (Å²) < 4.78 is 17.5. The summed E-state index contributed by atoms with van der Waals surface area (Å²) >= 11 is 0. The quantitative estimate of drug-likeness (QED) is 0.885. The maximum Gasteiger partial charge on any atom is 0.372 e. The number of carboxylic acids is 2. The Balaban J connectivity index is 2.35. The summed E-state index contributed by atoms with van der Waals surface area (Å²) in [5.41, 5.74) is 0.887. The Labute approximate surface area is 106 Å². The molecule has 6 heteroatoms. The van der Waals surface area contributed by atoms with Gasteiger partial charge in [0.15, 0.2) is 0 Å². The maximum absolute atomic E-state index is 12.8. The molecule has 0 unspecified atom stereocenters. The minimum atomic E-state index is -1.34. The van der Waals surface area contributed by atoms with Gasteiger partial charge < -0.3 is 14.6 Å². The standard InChI is InChI=1S/C13H9FO5/c14-9-3-1-7(2-4-9)5-8-6-10(12(15)16)19-11(8)13(17)18/h1-4,6H,5H2,(H,15,16)(H,17,18). The average Bonchev–Trinajstić information content (AvgIpc) is 2.76. The lowest BCUT2D eigenvalue weighted by Crippen LogP contribution is -1.99. The summed E-state index contributed by atoms with van der Waals surface area (Å²) in [6, 6.07) is 6.64. The normalized spacial score (nSPS) is 10.4. The van der Waals surface area contributed by atoms with Crippen molar-refractivity contribution in [1.82, 2.24) is 0 Å². The molecule has 0 atom stereocenters. The molecule has 0 saturated heterocycles. The van der Waals surface area contributed by atoms with E-state index in [-0.39, 0.29) is 12.0 Å². The lowest BCUT2D eigenvalue weighted by atomic mass is 10.1. The van der Waals surface area contributed by atoms with Crippen molar-refractivity contribution in [3.05, 3.63) is 58.8 Å². The molecule has 5 nitrogen and oxygen atoms in total. The van der Waals surface area contributed by atoms with Crippen molar-refractivity contribution in [2.24, 2.45) is 0 Å². The van der Waals surface area contributed by atoms with Crippen LogP contribution in [-0.4, -0.2) is 22.2 Å². The third kappa shape index (κ3) is 2.79. The van der Waals surface area contributed by atoms with Crippen LogP contribution >= 0.6 is 0 Å². The van der Waals surface area contributed by atoms with Crippen molar-refractivity contribution in [2.45, 2.75) is 6.42 Å². The van der Waals surface area contributed by atoms with Crippen molar-refractivity contribution in [1.29, 1.82) is 0 Å². The van der Waals surface area contributed by atoms with Gasteiger partial charge in [0, 0.05) is 12.0 Å². The Bertz CT molecular complexity index is 627. The van der Waals surface area contributed by atoms with E-state index in [4.69, 9.17) is 14.6 Å². The molecule has 1 heterocycles. The number of hydrogen-bond donors (Lipinski definition) is 2. The molecular formula is C13H9FO5. The Hall–Kier alpha value is -2.63. The Morgan fingerprint density at radius 1 is 1.11 bits per heavy atom. The fraction of sp³-hybridized carbons (Fsp3) is 0.0769. The van der Waals surface area contributed by atoms with Crippen molar-refractivity contribution >= 4 is 11.9 Å². The monoisotopic (exact) mass is 264 g/mol. The van der Waals surface area contributed by atoms with Crippen molar-refractivity contribution in [3.63, 3.8) is 0 Å². The summed E-state index contributed by atoms with van der Waals surface area (Å²) in [4.78, 5) is 21.7. The van der Waals surface area contributed by atoms with Crippen LogP contribution in [0.25, 0.3) is 0 Å². The topological polar surface area (TPSA) is 87.7 Å². The zero-order valence-corrected chi connectivity index (χ0v) is 9.59. The molecule has 0 radical (unpaired) electrons. The molecule has 0 fully saturated rings. The van der Waals surface area contributed by atoms with Gasteiger partial charge in [-0.3, -0.25) is 0 Å². The molecule has 1 aromatic carbocycles. The smallest absolute Gasteiger partial charge is 0.372 e. The van der Waals surface area contributed by atoms with Crippen LogP contribution in [0.4, 0.5) is 4.39 Å². The summed E-state index contributed by atoms with van der Waals surface area (Å²) in [6.07, 6.45) is 0.151. The predicted octanol–water partition coefficient (Wildman–Crippen LogP) is 2.41. The van der Waals surface area contributed by atoms with Gasteiger partial charge in [0.05, 0.1) is 0 Å². The molecule has 0 aliphatic heterocycles. The lowest BCUT2D eigenvalue weighted by Gasteiger charge is -1.99. The van der Waals surface area contributed by atoms with Crippen LogP contribution in [0.15, 0.2) is 34.7 Å². The van der Waals surface area contributed by atoms with E-state index in [2.05, 4.69) is 0 Å². The van der Waals surface area contributed by atoms with Gasteiger partial charge in [-0.25, -0.2) is 14.0 Å². The molecule has 0 bridgehead atoms. The lowest BCUT2D eigenvalue weighted by molar-refractivity contribution is 0.0631.